The molecule has 2 atom stereocenters. The maximum Gasteiger partial charge on any atom is 0.0641 e. The molecule has 1 aromatic rings. The lowest BCUT2D eigenvalue weighted by Gasteiger charge is -2.32. The van der Waals surface area contributed by atoms with E-state index in [2.05, 4.69) is 37.7 Å². The lowest BCUT2D eigenvalue weighted by Crippen LogP contribution is -2.24. The second kappa shape index (κ2) is 5.43. The Morgan fingerprint density at radius 2 is 1.78 bits per heavy atom. The summed E-state index contributed by atoms with van der Waals surface area (Å²) in [5.74, 6) is 1.66. The number of aryl methyl sites for hydroxylation is 1. The largest absolute Gasteiger partial charge is 0.316 e. The second-order valence-electron chi connectivity index (χ2n) is 6.20. The van der Waals surface area contributed by atoms with E-state index in [4.69, 9.17) is 5.10 Å². The van der Waals surface area contributed by atoms with Crippen molar-refractivity contribution in [2.45, 2.75) is 59.5 Å². The van der Waals surface area contributed by atoms with E-state index in [1.54, 1.807) is 0 Å². The van der Waals surface area contributed by atoms with Gasteiger partial charge in [0.1, 0.15) is 0 Å². The van der Waals surface area contributed by atoms with Gasteiger partial charge in [-0.3, -0.25) is 4.68 Å². The van der Waals surface area contributed by atoms with Gasteiger partial charge >= 0.3 is 0 Å². The molecule has 0 radical (unpaired) electrons. The van der Waals surface area contributed by atoms with Crippen LogP contribution in [-0.2, 0) is 6.54 Å². The predicted molar refractivity (Wildman–Crippen MR) is 75.7 cm³/mol. The molecule has 2 rings (SSSR count). The molecule has 1 N–H and O–H groups in total. The summed E-state index contributed by atoms with van der Waals surface area (Å²) in [6.07, 6.45) is 3.94. The monoisotopic (exact) mass is 249 g/mol. The van der Waals surface area contributed by atoms with Crippen molar-refractivity contribution in [1.29, 1.82) is 0 Å². The Morgan fingerprint density at radius 1 is 1.17 bits per heavy atom. The number of nitrogens with zero attached hydrogens (tertiary/aromatic N) is 2. The molecule has 0 bridgehead atoms. The first kappa shape index (κ1) is 13.6. The summed E-state index contributed by atoms with van der Waals surface area (Å²) in [6, 6.07) is 0.605. The maximum absolute atomic E-state index is 4.80. The Morgan fingerprint density at radius 3 is 2.33 bits per heavy atom. The van der Waals surface area contributed by atoms with E-state index >= 15 is 0 Å². The SMILES string of the molecule is CNCc1c(C)nn(C2CC(C)CC(C)C2)c1C. The fourth-order valence-electron chi connectivity index (χ4n) is 3.59. The fraction of sp³-hybridized carbons (Fsp3) is 0.800. The zero-order valence-electron chi connectivity index (χ0n) is 12.5. The van der Waals surface area contributed by atoms with Crippen molar-refractivity contribution in [3.63, 3.8) is 0 Å². The number of rotatable bonds is 3. The molecule has 1 aliphatic rings. The van der Waals surface area contributed by atoms with Crippen molar-refractivity contribution < 1.29 is 0 Å². The summed E-state index contributed by atoms with van der Waals surface area (Å²) in [4.78, 5) is 0. The zero-order chi connectivity index (χ0) is 13.3. The standard InChI is InChI=1S/C15H27N3/c1-10-6-11(2)8-14(7-10)18-13(4)15(9-16-5)12(3)17-18/h10-11,14,16H,6-9H2,1-5H3. The predicted octanol–water partition coefficient (Wildman–Crippen LogP) is 3.22. The van der Waals surface area contributed by atoms with E-state index in [9.17, 15) is 0 Å². The first-order chi connectivity index (χ1) is 8.52. The van der Waals surface area contributed by atoms with Crippen molar-refractivity contribution in [3.8, 4) is 0 Å². The summed E-state index contributed by atoms with van der Waals surface area (Å²) >= 11 is 0. The summed E-state index contributed by atoms with van der Waals surface area (Å²) in [6.45, 7) is 10.0. The quantitative estimate of drug-likeness (QED) is 0.891. The summed E-state index contributed by atoms with van der Waals surface area (Å²) in [5.41, 5.74) is 3.92. The normalized spacial score (nSPS) is 28.6. The highest BCUT2D eigenvalue weighted by Crippen LogP contribution is 2.36. The average Bonchev–Trinajstić information content (AvgIpc) is 2.56. The summed E-state index contributed by atoms with van der Waals surface area (Å²) < 4.78 is 2.30. The molecule has 1 saturated carbocycles. The van der Waals surface area contributed by atoms with Gasteiger partial charge in [-0.2, -0.15) is 5.10 Å². The minimum absolute atomic E-state index is 0.605. The molecule has 0 aliphatic heterocycles. The van der Waals surface area contributed by atoms with Gasteiger partial charge in [-0.05, 0) is 52.0 Å². The van der Waals surface area contributed by atoms with E-state index in [-0.39, 0.29) is 0 Å². The van der Waals surface area contributed by atoms with Crippen LogP contribution in [0, 0.1) is 25.7 Å². The van der Waals surface area contributed by atoms with Gasteiger partial charge in [-0.1, -0.05) is 13.8 Å². The van der Waals surface area contributed by atoms with Crippen LogP contribution in [0.3, 0.4) is 0 Å². The fourth-order valence-corrected chi connectivity index (χ4v) is 3.59. The Hall–Kier alpha value is -0.830. The molecule has 18 heavy (non-hydrogen) atoms. The summed E-state index contributed by atoms with van der Waals surface area (Å²) in [5, 5.41) is 8.04. The minimum Gasteiger partial charge on any atom is -0.316 e. The summed E-state index contributed by atoms with van der Waals surface area (Å²) in [7, 11) is 2.00. The molecule has 0 spiro atoms. The van der Waals surface area contributed by atoms with Crippen LogP contribution in [0.4, 0.5) is 0 Å². The van der Waals surface area contributed by atoms with Gasteiger partial charge in [0.15, 0.2) is 0 Å². The first-order valence-electron chi connectivity index (χ1n) is 7.22. The van der Waals surface area contributed by atoms with Gasteiger partial charge in [-0.25, -0.2) is 0 Å². The highest BCUT2D eigenvalue weighted by atomic mass is 15.3. The molecule has 0 aromatic carbocycles. The first-order valence-corrected chi connectivity index (χ1v) is 7.22. The van der Waals surface area contributed by atoms with Gasteiger partial charge < -0.3 is 5.32 Å². The van der Waals surface area contributed by atoms with Crippen LogP contribution in [0.25, 0.3) is 0 Å². The third-order valence-electron chi connectivity index (χ3n) is 4.33. The van der Waals surface area contributed by atoms with Crippen molar-refractivity contribution >= 4 is 0 Å². The molecule has 1 aliphatic carbocycles. The lowest BCUT2D eigenvalue weighted by molar-refractivity contribution is 0.207. The molecule has 3 nitrogen and oxygen atoms in total. The van der Waals surface area contributed by atoms with Gasteiger partial charge in [-0.15, -0.1) is 0 Å². The lowest BCUT2D eigenvalue weighted by atomic mass is 9.80. The molecule has 2 unspecified atom stereocenters. The smallest absolute Gasteiger partial charge is 0.0641 e. The highest BCUT2D eigenvalue weighted by Gasteiger charge is 2.27. The van der Waals surface area contributed by atoms with E-state index in [1.807, 2.05) is 7.05 Å². The topological polar surface area (TPSA) is 29.9 Å². The maximum atomic E-state index is 4.80. The molecular formula is C15H27N3. The van der Waals surface area contributed by atoms with E-state index in [1.165, 1.54) is 36.2 Å². The Labute approximate surface area is 111 Å². The van der Waals surface area contributed by atoms with Crippen LogP contribution < -0.4 is 5.32 Å². The van der Waals surface area contributed by atoms with Crippen molar-refractivity contribution in [3.05, 3.63) is 17.0 Å². The molecule has 3 heteroatoms. The number of nitrogens with one attached hydrogen (secondary N) is 1. The molecule has 1 fully saturated rings. The van der Waals surface area contributed by atoms with Crippen molar-refractivity contribution in [1.82, 2.24) is 15.1 Å². The molecular weight excluding hydrogens is 222 g/mol. The van der Waals surface area contributed by atoms with Gasteiger partial charge in [0, 0.05) is 17.8 Å². The number of hydrogen-bond donors (Lipinski definition) is 1. The highest BCUT2D eigenvalue weighted by molar-refractivity contribution is 5.24. The van der Waals surface area contributed by atoms with Crippen LogP contribution in [0.2, 0.25) is 0 Å². The molecule has 1 aromatic heterocycles. The Balaban J connectivity index is 2.25. The second-order valence-corrected chi connectivity index (χ2v) is 6.20. The Bertz CT molecular complexity index is 398. The van der Waals surface area contributed by atoms with E-state index in [0.717, 1.165) is 18.4 Å². The van der Waals surface area contributed by atoms with E-state index in [0.29, 0.717) is 6.04 Å². The van der Waals surface area contributed by atoms with Crippen LogP contribution >= 0.6 is 0 Å². The van der Waals surface area contributed by atoms with E-state index < -0.39 is 0 Å². The number of hydrogen-bond acceptors (Lipinski definition) is 2. The van der Waals surface area contributed by atoms with Crippen LogP contribution in [0.5, 0.6) is 0 Å². The molecule has 0 amide bonds. The Kier molecular flexibility index (Phi) is 4.10. The van der Waals surface area contributed by atoms with Crippen LogP contribution in [0.1, 0.15) is 56.1 Å². The average molecular weight is 249 g/mol. The molecule has 0 saturated heterocycles. The van der Waals surface area contributed by atoms with Crippen LogP contribution in [0.15, 0.2) is 0 Å². The van der Waals surface area contributed by atoms with Gasteiger partial charge in [0.05, 0.1) is 11.7 Å². The molecule has 102 valence electrons. The third kappa shape index (κ3) is 2.61. The van der Waals surface area contributed by atoms with Crippen molar-refractivity contribution in [2.75, 3.05) is 7.05 Å². The van der Waals surface area contributed by atoms with Crippen molar-refractivity contribution in [2.24, 2.45) is 11.8 Å². The third-order valence-corrected chi connectivity index (χ3v) is 4.33. The number of aromatic nitrogens is 2. The van der Waals surface area contributed by atoms with Gasteiger partial charge in [0.2, 0.25) is 0 Å². The molecule has 1 heterocycles. The van der Waals surface area contributed by atoms with Gasteiger partial charge in [0.25, 0.3) is 0 Å². The zero-order valence-corrected chi connectivity index (χ0v) is 12.5. The minimum atomic E-state index is 0.605. The van der Waals surface area contributed by atoms with Crippen LogP contribution in [-0.4, -0.2) is 16.8 Å².